The molecular formula is C12H16N4S. The van der Waals surface area contributed by atoms with Crippen molar-refractivity contribution in [3.05, 3.63) is 33.8 Å². The Morgan fingerprint density at radius 1 is 1.53 bits per heavy atom. The van der Waals surface area contributed by atoms with Gasteiger partial charge in [0.15, 0.2) is 0 Å². The smallest absolute Gasteiger partial charge is 0.113 e. The topological polar surface area (TPSA) is 53.6 Å². The third-order valence-corrected chi connectivity index (χ3v) is 3.79. The van der Waals surface area contributed by atoms with Gasteiger partial charge in [-0.2, -0.15) is 0 Å². The van der Waals surface area contributed by atoms with Crippen molar-refractivity contribution in [2.75, 3.05) is 0 Å². The number of nitrogens with one attached hydrogen (secondary N) is 2. The Labute approximate surface area is 105 Å². The van der Waals surface area contributed by atoms with Crippen molar-refractivity contribution in [1.82, 2.24) is 20.3 Å². The molecule has 1 fully saturated rings. The first kappa shape index (κ1) is 10.9. The van der Waals surface area contributed by atoms with E-state index in [0.29, 0.717) is 0 Å². The highest BCUT2D eigenvalue weighted by Crippen LogP contribution is 2.19. The van der Waals surface area contributed by atoms with Gasteiger partial charge in [-0.15, -0.1) is 11.3 Å². The first-order valence-corrected chi connectivity index (χ1v) is 6.85. The molecule has 0 spiro atoms. The van der Waals surface area contributed by atoms with E-state index in [2.05, 4.69) is 25.6 Å². The maximum absolute atomic E-state index is 4.44. The largest absolute Gasteiger partial charge is 0.344 e. The molecule has 2 heterocycles. The molecular weight excluding hydrogens is 232 g/mol. The minimum atomic E-state index is 0.739. The van der Waals surface area contributed by atoms with Crippen molar-refractivity contribution in [1.29, 1.82) is 0 Å². The SMILES string of the molecule is Cc1csc(Cc2ncc(CNC3CC3)[nH]2)n1. The first-order valence-electron chi connectivity index (χ1n) is 5.97. The number of H-pyrrole nitrogens is 1. The summed E-state index contributed by atoms with van der Waals surface area (Å²) in [4.78, 5) is 12.2. The molecule has 0 saturated heterocycles. The van der Waals surface area contributed by atoms with Crippen LogP contribution in [-0.2, 0) is 13.0 Å². The molecule has 0 bridgehead atoms. The fourth-order valence-electron chi connectivity index (χ4n) is 1.75. The minimum Gasteiger partial charge on any atom is -0.344 e. The van der Waals surface area contributed by atoms with Crippen LogP contribution in [0.15, 0.2) is 11.6 Å². The fourth-order valence-corrected chi connectivity index (χ4v) is 2.53. The Morgan fingerprint density at radius 2 is 2.41 bits per heavy atom. The number of aryl methyl sites for hydroxylation is 1. The second-order valence-corrected chi connectivity index (χ2v) is 5.51. The molecule has 2 aromatic heterocycles. The van der Waals surface area contributed by atoms with Crippen molar-refractivity contribution in [2.24, 2.45) is 0 Å². The summed E-state index contributed by atoms with van der Waals surface area (Å²) in [6.07, 6.45) is 5.37. The van der Waals surface area contributed by atoms with E-state index < -0.39 is 0 Å². The van der Waals surface area contributed by atoms with Crippen LogP contribution in [0.25, 0.3) is 0 Å². The Morgan fingerprint density at radius 3 is 3.12 bits per heavy atom. The second-order valence-electron chi connectivity index (χ2n) is 4.57. The third-order valence-electron chi connectivity index (χ3n) is 2.82. The van der Waals surface area contributed by atoms with Crippen LogP contribution in [0.4, 0.5) is 0 Å². The zero-order valence-corrected chi connectivity index (χ0v) is 10.7. The van der Waals surface area contributed by atoms with Crippen LogP contribution in [0.2, 0.25) is 0 Å². The van der Waals surface area contributed by atoms with Gasteiger partial charge in [0, 0.05) is 35.6 Å². The molecule has 0 aromatic carbocycles. The van der Waals surface area contributed by atoms with Gasteiger partial charge in [0.1, 0.15) is 10.8 Å². The number of nitrogens with zero attached hydrogens (tertiary/aromatic N) is 2. The second kappa shape index (κ2) is 4.58. The van der Waals surface area contributed by atoms with Crippen molar-refractivity contribution in [3.63, 3.8) is 0 Å². The van der Waals surface area contributed by atoms with Gasteiger partial charge in [-0.05, 0) is 19.8 Å². The highest BCUT2D eigenvalue weighted by atomic mass is 32.1. The van der Waals surface area contributed by atoms with Gasteiger partial charge in [-0.1, -0.05) is 0 Å². The zero-order valence-electron chi connectivity index (χ0n) is 9.86. The van der Waals surface area contributed by atoms with Gasteiger partial charge >= 0.3 is 0 Å². The summed E-state index contributed by atoms with van der Waals surface area (Å²) < 4.78 is 0. The Balaban J connectivity index is 1.59. The lowest BCUT2D eigenvalue weighted by Gasteiger charge is -1.98. The number of imidazole rings is 1. The van der Waals surface area contributed by atoms with Gasteiger partial charge in [-0.25, -0.2) is 9.97 Å². The number of aromatic amines is 1. The number of hydrogen-bond acceptors (Lipinski definition) is 4. The number of hydrogen-bond donors (Lipinski definition) is 2. The van der Waals surface area contributed by atoms with Gasteiger partial charge in [-0.3, -0.25) is 0 Å². The normalized spacial score (nSPS) is 15.4. The molecule has 2 N–H and O–H groups in total. The Hall–Kier alpha value is -1.20. The monoisotopic (exact) mass is 248 g/mol. The quantitative estimate of drug-likeness (QED) is 0.851. The molecule has 17 heavy (non-hydrogen) atoms. The van der Waals surface area contributed by atoms with Crippen LogP contribution < -0.4 is 5.32 Å². The molecule has 0 aliphatic heterocycles. The standard InChI is InChI=1S/C12H16N4S/c1-8-7-17-12(15-8)4-11-14-6-10(16-11)5-13-9-2-3-9/h6-7,9,13H,2-5H2,1H3,(H,14,16). The predicted molar refractivity (Wildman–Crippen MR) is 68.1 cm³/mol. The first-order chi connectivity index (χ1) is 8.29. The van der Waals surface area contributed by atoms with Crippen molar-refractivity contribution >= 4 is 11.3 Å². The van der Waals surface area contributed by atoms with Crippen LogP contribution in [0.5, 0.6) is 0 Å². The summed E-state index contributed by atoms with van der Waals surface area (Å²) in [5, 5.41) is 6.67. The molecule has 0 radical (unpaired) electrons. The summed E-state index contributed by atoms with van der Waals surface area (Å²) in [7, 11) is 0. The molecule has 0 amide bonds. The molecule has 0 atom stereocenters. The van der Waals surface area contributed by atoms with E-state index in [1.54, 1.807) is 11.3 Å². The molecule has 4 nitrogen and oxygen atoms in total. The Bertz CT molecular complexity index is 498. The van der Waals surface area contributed by atoms with E-state index in [1.165, 1.54) is 18.5 Å². The average Bonchev–Trinajstić information content (AvgIpc) is 2.90. The van der Waals surface area contributed by atoms with Gasteiger partial charge in [0.2, 0.25) is 0 Å². The van der Waals surface area contributed by atoms with E-state index >= 15 is 0 Å². The molecule has 1 aliphatic carbocycles. The van der Waals surface area contributed by atoms with Crippen molar-refractivity contribution in [3.8, 4) is 0 Å². The molecule has 5 heteroatoms. The van der Waals surface area contributed by atoms with Crippen molar-refractivity contribution in [2.45, 2.75) is 38.8 Å². The summed E-state index contributed by atoms with van der Waals surface area (Å²) in [6, 6.07) is 0.739. The lowest BCUT2D eigenvalue weighted by molar-refractivity contribution is 0.676. The maximum Gasteiger partial charge on any atom is 0.113 e. The van der Waals surface area contributed by atoms with Gasteiger partial charge < -0.3 is 10.3 Å². The highest BCUT2D eigenvalue weighted by molar-refractivity contribution is 7.09. The average molecular weight is 248 g/mol. The molecule has 1 saturated carbocycles. The molecule has 90 valence electrons. The molecule has 2 aromatic rings. The van der Waals surface area contributed by atoms with E-state index in [4.69, 9.17) is 0 Å². The van der Waals surface area contributed by atoms with Crippen LogP contribution >= 0.6 is 11.3 Å². The number of thiazole rings is 1. The fraction of sp³-hybridized carbons (Fsp3) is 0.500. The third kappa shape index (κ3) is 2.92. The van der Waals surface area contributed by atoms with Crippen LogP contribution in [0, 0.1) is 6.92 Å². The summed E-state index contributed by atoms with van der Waals surface area (Å²) in [6.45, 7) is 2.92. The van der Waals surface area contributed by atoms with E-state index in [1.807, 2.05) is 13.1 Å². The van der Waals surface area contributed by atoms with E-state index in [-0.39, 0.29) is 0 Å². The lowest BCUT2D eigenvalue weighted by atomic mass is 10.4. The number of aromatic nitrogens is 3. The minimum absolute atomic E-state index is 0.739. The van der Waals surface area contributed by atoms with E-state index in [0.717, 1.165) is 35.5 Å². The maximum atomic E-state index is 4.44. The van der Waals surface area contributed by atoms with Gasteiger partial charge in [0.05, 0.1) is 6.42 Å². The Kier molecular flexibility index (Phi) is 2.94. The van der Waals surface area contributed by atoms with Crippen molar-refractivity contribution < 1.29 is 0 Å². The summed E-state index contributed by atoms with van der Waals surface area (Å²) in [5.41, 5.74) is 2.26. The molecule has 0 unspecified atom stereocenters. The van der Waals surface area contributed by atoms with Gasteiger partial charge in [0.25, 0.3) is 0 Å². The summed E-state index contributed by atoms with van der Waals surface area (Å²) in [5.74, 6) is 1.01. The highest BCUT2D eigenvalue weighted by Gasteiger charge is 2.20. The molecule has 1 aliphatic rings. The zero-order chi connectivity index (χ0) is 11.7. The number of rotatable bonds is 5. The van der Waals surface area contributed by atoms with Crippen LogP contribution in [-0.4, -0.2) is 21.0 Å². The summed E-state index contributed by atoms with van der Waals surface area (Å²) >= 11 is 1.70. The lowest BCUT2D eigenvalue weighted by Crippen LogP contribution is -2.15. The predicted octanol–water partition coefficient (Wildman–Crippen LogP) is 2.02. The van der Waals surface area contributed by atoms with Crippen LogP contribution in [0.1, 0.15) is 35.1 Å². The van der Waals surface area contributed by atoms with Crippen LogP contribution in [0.3, 0.4) is 0 Å². The molecule has 3 rings (SSSR count). The van der Waals surface area contributed by atoms with E-state index in [9.17, 15) is 0 Å².